The van der Waals surface area contributed by atoms with Crippen molar-refractivity contribution in [2.24, 2.45) is 0 Å². The maximum atomic E-state index is 13.5. The summed E-state index contributed by atoms with van der Waals surface area (Å²) in [6, 6.07) is 6.82. The van der Waals surface area contributed by atoms with Crippen LogP contribution in [0.25, 0.3) is 12.2 Å². The van der Waals surface area contributed by atoms with Crippen molar-refractivity contribution in [1.29, 1.82) is 0 Å². The van der Waals surface area contributed by atoms with Crippen molar-refractivity contribution in [2.75, 3.05) is 55.6 Å². The Balaban J connectivity index is 1.99. The summed E-state index contributed by atoms with van der Waals surface area (Å²) < 4.78 is 48.9. The van der Waals surface area contributed by atoms with Crippen molar-refractivity contribution in [1.82, 2.24) is 0 Å². The first-order valence-corrected chi connectivity index (χ1v) is 11.8. The molecule has 0 radical (unpaired) electrons. The van der Waals surface area contributed by atoms with Crippen LogP contribution in [0.5, 0.6) is 28.7 Å². The van der Waals surface area contributed by atoms with Gasteiger partial charge in [-0.2, -0.15) is 0 Å². The van der Waals surface area contributed by atoms with Gasteiger partial charge in [0.1, 0.15) is 28.4 Å². The number of carbonyl (C=O) groups is 1. The zero-order chi connectivity index (χ0) is 27.5. The van der Waals surface area contributed by atoms with Gasteiger partial charge < -0.3 is 42.6 Å². The molecule has 1 aliphatic heterocycles. The molecule has 0 atom stereocenters. The zero-order valence-electron chi connectivity index (χ0n) is 22.5. The summed E-state index contributed by atoms with van der Waals surface area (Å²) in [5.74, 6) is 1.56. The second-order valence-corrected chi connectivity index (χ2v) is 8.67. The van der Waals surface area contributed by atoms with E-state index in [2.05, 4.69) is 0 Å². The molecule has 0 saturated heterocycles. The van der Waals surface area contributed by atoms with Gasteiger partial charge >= 0.3 is 0 Å². The Morgan fingerprint density at radius 1 is 0.789 bits per heavy atom. The Labute approximate surface area is 222 Å². The Kier molecular flexibility index (Phi) is 10.5. The van der Waals surface area contributed by atoms with Crippen LogP contribution >= 0.6 is 0 Å². The molecular formula is C28H34O10. The third-order valence-corrected chi connectivity index (χ3v) is 5.19. The molecule has 0 saturated carbocycles. The van der Waals surface area contributed by atoms with E-state index in [1.54, 1.807) is 24.3 Å². The highest BCUT2D eigenvalue weighted by Gasteiger charge is 2.25. The maximum Gasteiger partial charge on any atom is 0.193 e. The summed E-state index contributed by atoms with van der Waals surface area (Å²) in [7, 11) is 6.00. The highest BCUT2D eigenvalue weighted by molar-refractivity contribution is 6.10. The van der Waals surface area contributed by atoms with Crippen molar-refractivity contribution < 1.29 is 47.4 Å². The molecule has 10 nitrogen and oxygen atoms in total. The smallest absolute Gasteiger partial charge is 0.193 e. The van der Waals surface area contributed by atoms with Crippen LogP contribution in [-0.2, 0) is 18.9 Å². The van der Waals surface area contributed by atoms with Gasteiger partial charge in [0.05, 0.1) is 0 Å². The predicted octanol–water partition coefficient (Wildman–Crippen LogP) is 4.70. The van der Waals surface area contributed by atoms with E-state index in [0.29, 0.717) is 17.2 Å². The molecule has 2 aromatic rings. The predicted molar refractivity (Wildman–Crippen MR) is 140 cm³/mol. The van der Waals surface area contributed by atoms with Gasteiger partial charge in [-0.1, -0.05) is 12.2 Å². The second-order valence-electron chi connectivity index (χ2n) is 8.67. The summed E-state index contributed by atoms with van der Waals surface area (Å²) in [6.07, 6.45) is 7.01. The van der Waals surface area contributed by atoms with E-state index in [1.165, 1.54) is 34.5 Å². The average Bonchev–Trinajstić information content (AvgIpc) is 2.90. The fraction of sp³-hybridized carbons (Fsp3) is 0.393. The van der Waals surface area contributed by atoms with Crippen molar-refractivity contribution in [3.05, 3.63) is 53.1 Å². The molecule has 0 bridgehead atoms. The largest absolute Gasteiger partial charge is 0.479 e. The van der Waals surface area contributed by atoms with E-state index in [4.69, 9.17) is 42.6 Å². The topological polar surface area (TPSA) is 100 Å². The number of methoxy groups -OCH3 is 4. The number of fused-ring (bicyclic) bond motifs is 1. The quantitative estimate of drug-likeness (QED) is 0.183. The molecule has 206 valence electrons. The Morgan fingerprint density at radius 2 is 1.34 bits per heavy atom. The number of hydrogen-bond donors (Lipinski definition) is 0. The number of benzene rings is 2. The molecule has 0 aliphatic carbocycles. The lowest BCUT2D eigenvalue weighted by atomic mass is 9.99. The van der Waals surface area contributed by atoms with Gasteiger partial charge in [-0.05, 0) is 43.7 Å². The van der Waals surface area contributed by atoms with Crippen LogP contribution < -0.4 is 23.7 Å². The first kappa shape index (κ1) is 29.0. The molecule has 38 heavy (non-hydrogen) atoms. The van der Waals surface area contributed by atoms with Gasteiger partial charge in [-0.25, -0.2) is 0 Å². The number of carbonyl (C=O) groups excluding carboxylic acids is 1. The minimum atomic E-state index is -0.484. The molecule has 0 aromatic heterocycles. The van der Waals surface area contributed by atoms with E-state index >= 15 is 0 Å². The van der Waals surface area contributed by atoms with E-state index < -0.39 is 5.60 Å². The fourth-order valence-corrected chi connectivity index (χ4v) is 3.54. The molecule has 0 N–H and O–H groups in total. The first-order valence-electron chi connectivity index (χ1n) is 11.8. The summed E-state index contributed by atoms with van der Waals surface area (Å²) in [5.41, 5.74) is 1.23. The second kappa shape index (κ2) is 13.8. The summed E-state index contributed by atoms with van der Waals surface area (Å²) >= 11 is 0. The van der Waals surface area contributed by atoms with Gasteiger partial charge in [0.15, 0.2) is 44.5 Å². The molecular weight excluding hydrogens is 496 g/mol. The minimum absolute atomic E-state index is 0.00176. The Morgan fingerprint density at radius 3 is 1.92 bits per heavy atom. The van der Waals surface area contributed by atoms with Crippen LogP contribution in [0.2, 0.25) is 0 Å². The number of rotatable bonds is 15. The Hall–Kier alpha value is -3.57. The average molecular weight is 531 g/mol. The van der Waals surface area contributed by atoms with E-state index in [9.17, 15) is 4.79 Å². The number of ketones is 1. The van der Waals surface area contributed by atoms with Gasteiger partial charge in [-0.3, -0.25) is 4.79 Å². The van der Waals surface area contributed by atoms with Crippen LogP contribution in [0.3, 0.4) is 0 Å². The monoisotopic (exact) mass is 530 g/mol. The third kappa shape index (κ3) is 7.72. The summed E-state index contributed by atoms with van der Waals surface area (Å²) in [4.78, 5) is 13.5. The lowest BCUT2D eigenvalue weighted by Gasteiger charge is -2.29. The minimum Gasteiger partial charge on any atom is -0.479 e. The van der Waals surface area contributed by atoms with Crippen LogP contribution in [-0.4, -0.2) is 67.0 Å². The lowest BCUT2D eigenvalue weighted by molar-refractivity contribution is 0.0400. The molecule has 1 aliphatic rings. The van der Waals surface area contributed by atoms with Gasteiger partial charge in [0, 0.05) is 46.1 Å². The maximum absolute atomic E-state index is 13.5. The van der Waals surface area contributed by atoms with E-state index in [0.717, 1.165) is 11.1 Å². The van der Waals surface area contributed by atoms with Crippen molar-refractivity contribution in [3.8, 4) is 28.7 Å². The van der Waals surface area contributed by atoms with Crippen molar-refractivity contribution in [2.45, 2.75) is 19.4 Å². The highest BCUT2D eigenvalue weighted by Crippen LogP contribution is 2.40. The molecule has 10 heteroatoms. The number of allylic oxidation sites excluding steroid dienone is 1. The van der Waals surface area contributed by atoms with Crippen molar-refractivity contribution in [3.63, 3.8) is 0 Å². The highest BCUT2D eigenvalue weighted by atomic mass is 16.7. The van der Waals surface area contributed by atoms with Crippen LogP contribution in [0, 0.1) is 0 Å². The molecule has 2 aromatic carbocycles. The summed E-state index contributed by atoms with van der Waals surface area (Å²) in [5, 5.41) is 0. The normalized spacial score (nSPS) is 13.6. The van der Waals surface area contributed by atoms with Crippen LogP contribution in [0.4, 0.5) is 0 Å². The van der Waals surface area contributed by atoms with Crippen molar-refractivity contribution >= 4 is 17.9 Å². The van der Waals surface area contributed by atoms with Crippen LogP contribution in [0.15, 0.2) is 36.4 Å². The molecule has 0 spiro atoms. The molecule has 1 heterocycles. The van der Waals surface area contributed by atoms with Crippen LogP contribution in [0.1, 0.15) is 35.3 Å². The third-order valence-electron chi connectivity index (χ3n) is 5.19. The molecule has 0 unspecified atom stereocenters. The van der Waals surface area contributed by atoms with Gasteiger partial charge in [0.25, 0.3) is 0 Å². The Bertz CT molecular complexity index is 1120. The standard InChI is InChI=1S/C28H34O10/c1-28(2)10-9-20-11-19(12-25(27(20)38-28)37-18-33-6)7-8-22(29)26-23(35-16-31-4)13-21(34-15-30-3)14-24(26)36-17-32-5/h7-14H,15-18H2,1-6H3/b8-7+. The van der Waals surface area contributed by atoms with Gasteiger partial charge in [-0.15, -0.1) is 0 Å². The molecule has 3 rings (SSSR count). The van der Waals surface area contributed by atoms with E-state index in [1.807, 2.05) is 32.1 Å². The fourth-order valence-electron chi connectivity index (χ4n) is 3.54. The first-order chi connectivity index (χ1) is 18.3. The molecule has 0 amide bonds. The van der Waals surface area contributed by atoms with E-state index in [-0.39, 0.29) is 50.0 Å². The number of ether oxygens (including phenoxy) is 9. The van der Waals surface area contributed by atoms with Gasteiger partial charge in [0.2, 0.25) is 0 Å². The summed E-state index contributed by atoms with van der Waals surface area (Å²) in [6.45, 7) is 3.78. The molecule has 0 fully saturated rings. The number of hydrogen-bond acceptors (Lipinski definition) is 10. The zero-order valence-corrected chi connectivity index (χ0v) is 22.5. The SMILES string of the molecule is COCOc1cc(OCOC)c(C(=O)/C=C/c2cc3c(c(OCOC)c2)OC(C)(C)C=C3)c(OCOC)c1. The lowest BCUT2D eigenvalue weighted by Crippen LogP contribution is -2.28.